The van der Waals surface area contributed by atoms with E-state index in [4.69, 9.17) is 11.6 Å². The summed E-state index contributed by atoms with van der Waals surface area (Å²) in [5.41, 5.74) is 4.72. The number of nitrogens with zero attached hydrogens (tertiary/aromatic N) is 1. The third-order valence-electron chi connectivity index (χ3n) is 3.41. The summed E-state index contributed by atoms with van der Waals surface area (Å²) in [5.74, 6) is 0.308. The first-order valence-corrected chi connectivity index (χ1v) is 8.19. The second kappa shape index (κ2) is 5.75. The fourth-order valence-corrected chi connectivity index (χ4v) is 3.70. The predicted molar refractivity (Wildman–Crippen MR) is 95.8 cm³/mol. The van der Waals surface area contributed by atoms with Gasteiger partial charge in [-0.1, -0.05) is 29.3 Å². The molecule has 0 atom stereocenters. The van der Waals surface area contributed by atoms with Crippen LogP contribution in [0.3, 0.4) is 0 Å². The van der Waals surface area contributed by atoms with E-state index in [-0.39, 0.29) is 0 Å². The van der Waals surface area contributed by atoms with Crippen molar-refractivity contribution in [3.05, 3.63) is 51.5 Å². The molecule has 0 bridgehead atoms. The van der Waals surface area contributed by atoms with Crippen molar-refractivity contribution in [2.45, 2.75) is 20.8 Å². The van der Waals surface area contributed by atoms with Crippen LogP contribution in [0.4, 0.5) is 0 Å². The highest BCUT2D eigenvalue weighted by molar-refractivity contribution is 7.20. The first-order chi connectivity index (χ1) is 10.5. The van der Waals surface area contributed by atoms with Crippen molar-refractivity contribution in [3.63, 3.8) is 0 Å². The molecule has 1 N–H and O–H groups in total. The van der Waals surface area contributed by atoms with Gasteiger partial charge in [0.25, 0.3) is 0 Å². The largest absolute Gasteiger partial charge is 0.507 e. The van der Waals surface area contributed by atoms with Crippen LogP contribution in [-0.4, -0.2) is 10.1 Å². The standard InChI is InChI=1S/C18H16ClNOS/c1-10(2)8-15-20-14-9-11(3)17(21)16(18(14)22-15)12-4-6-13(19)7-5-12/h4-9,21H,1-3H3. The molecular weight excluding hydrogens is 314 g/mol. The molecule has 2 nitrogen and oxygen atoms in total. The maximum Gasteiger partial charge on any atom is 0.127 e. The molecule has 112 valence electrons. The Labute approximate surface area is 138 Å². The van der Waals surface area contributed by atoms with Crippen LogP contribution in [0.2, 0.25) is 5.02 Å². The smallest absolute Gasteiger partial charge is 0.127 e. The first kappa shape index (κ1) is 15.1. The number of allylic oxidation sites excluding steroid dienone is 1. The van der Waals surface area contributed by atoms with Gasteiger partial charge in [0.2, 0.25) is 0 Å². The van der Waals surface area contributed by atoms with Crippen LogP contribution in [0.5, 0.6) is 5.75 Å². The molecule has 0 aliphatic rings. The van der Waals surface area contributed by atoms with Crippen LogP contribution >= 0.6 is 22.9 Å². The van der Waals surface area contributed by atoms with Crippen molar-refractivity contribution in [2.24, 2.45) is 0 Å². The zero-order chi connectivity index (χ0) is 15.9. The first-order valence-electron chi connectivity index (χ1n) is 6.99. The van der Waals surface area contributed by atoms with Crippen LogP contribution in [0.25, 0.3) is 27.4 Å². The van der Waals surface area contributed by atoms with Gasteiger partial charge in [0.1, 0.15) is 10.8 Å². The minimum absolute atomic E-state index is 0.308. The maximum atomic E-state index is 10.5. The number of halogens is 1. The fourth-order valence-electron chi connectivity index (χ4n) is 2.40. The lowest BCUT2D eigenvalue weighted by Crippen LogP contribution is -1.84. The number of aromatic hydroxyl groups is 1. The average Bonchev–Trinajstić information content (AvgIpc) is 2.82. The number of hydrogen-bond acceptors (Lipinski definition) is 3. The molecular formula is C18H16ClNOS. The van der Waals surface area contributed by atoms with Gasteiger partial charge in [-0.3, -0.25) is 0 Å². The molecule has 0 fully saturated rings. The molecule has 0 saturated heterocycles. The van der Waals surface area contributed by atoms with E-state index in [1.54, 1.807) is 11.3 Å². The van der Waals surface area contributed by atoms with E-state index in [9.17, 15) is 5.11 Å². The summed E-state index contributed by atoms with van der Waals surface area (Å²) in [6, 6.07) is 9.46. The quantitative estimate of drug-likeness (QED) is 0.620. The lowest BCUT2D eigenvalue weighted by molar-refractivity contribution is 0.474. The summed E-state index contributed by atoms with van der Waals surface area (Å²) in [4.78, 5) is 4.66. The van der Waals surface area contributed by atoms with Crippen LogP contribution in [-0.2, 0) is 0 Å². The van der Waals surface area contributed by atoms with E-state index in [0.29, 0.717) is 10.8 Å². The zero-order valence-electron chi connectivity index (χ0n) is 12.6. The SMILES string of the molecule is CC(C)=Cc1nc2cc(C)c(O)c(-c3ccc(Cl)cc3)c2s1. The summed E-state index contributed by atoms with van der Waals surface area (Å²) in [7, 11) is 0. The number of fused-ring (bicyclic) bond motifs is 1. The number of rotatable bonds is 2. The topological polar surface area (TPSA) is 33.1 Å². The van der Waals surface area contributed by atoms with Crippen molar-refractivity contribution in [1.82, 2.24) is 4.98 Å². The van der Waals surface area contributed by atoms with Crippen molar-refractivity contribution in [3.8, 4) is 16.9 Å². The van der Waals surface area contributed by atoms with E-state index < -0.39 is 0 Å². The molecule has 1 aromatic heterocycles. The van der Waals surface area contributed by atoms with Crippen LogP contribution in [0.1, 0.15) is 24.4 Å². The number of benzene rings is 2. The van der Waals surface area contributed by atoms with Gasteiger partial charge in [-0.2, -0.15) is 0 Å². The molecule has 4 heteroatoms. The van der Waals surface area contributed by atoms with Crippen molar-refractivity contribution in [2.75, 3.05) is 0 Å². The highest BCUT2D eigenvalue weighted by atomic mass is 35.5. The Morgan fingerprint density at radius 2 is 1.91 bits per heavy atom. The number of phenols is 1. The normalized spacial score (nSPS) is 10.9. The van der Waals surface area contributed by atoms with E-state index in [1.165, 1.54) is 5.57 Å². The summed E-state index contributed by atoms with van der Waals surface area (Å²) in [6.07, 6.45) is 2.06. The molecule has 1 heterocycles. The van der Waals surface area contributed by atoms with E-state index in [2.05, 4.69) is 24.9 Å². The number of hydrogen-bond donors (Lipinski definition) is 1. The van der Waals surface area contributed by atoms with Crippen molar-refractivity contribution < 1.29 is 5.11 Å². The second-order valence-corrected chi connectivity index (χ2v) is 7.01. The monoisotopic (exact) mass is 329 g/mol. The molecule has 3 aromatic rings. The van der Waals surface area contributed by atoms with Crippen LogP contribution in [0.15, 0.2) is 35.9 Å². The molecule has 2 aromatic carbocycles. The van der Waals surface area contributed by atoms with Gasteiger partial charge in [-0.25, -0.2) is 4.98 Å². The Kier molecular flexibility index (Phi) is 3.94. The highest BCUT2D eigenvalue weighted by Gasteiger charge is 2.16. The second-order valence-electron chi connectivity index (χ2n) is 5.55. The van der Waals surface area contributed by atoms with Crippen molar-refractivity contribution in [1.29, 1.82) is 0 Å². The third-order valence-corrected chi connectivity index (χ3v) is 4.69. The summed E-state index contributed by atoms with van der Waals surface area (Å²) in [6.45, 7) is 6.00. The summed E-state index contributed by atoms with van der Waals surface area (Å²) >= 11 is 7.56. The Balaban J connectivity index is 2.31. The lowest BCUT2D eigenvalue weighted by Gasteiger charge is -2.09. The molecule has 0 unspecified atom stereocenters. The van der Waals surface area contributed by atoms with E-state index >= 15 is 0 Å². The number of aryl methyl sites for hydroxylation is 1. The molecule has 3 rings (SSSR count). The number of thiazole rings is 1. The summed E-state index contributed by atoms with van der Waals surface area (Å²) < 4.78 is 0.998. The van der Waals surface area contributed by atoms with Gasteiger partial charge in [0.05, 0.1) is 10.2 Å². The van der Waals surface area contributed by atoms with Gasteiger partial charge in [-0.15, -0.1) is 11.3 Å². The lowest BCUT2D eigenvalue weighted by atomic mass is 10.0. The van der Waals surface area contributed by atoms with Gasteiger partial charge in [0, 0.05) is 10.6 Å². The average molecular weight is 330 g/mol. The highest BCUT2D eigenvalue weighted by Crippen LogP contribution is 2.42. The van der Waals surface area contributed by atoms with Crippen molar-refractivity contribution >= 4 is 39.2 Å². The number of phenolic OH excluding ortho intramolecular Hbond substituents is 1. The Morgan fingerprint density at radius 3 is 2.55 bits per heavy atom. The molecule has 0 aliphatic heterocycles. The Bertz CT molecular complexity index is 874. The van der Waals surface area contributed by atoms with E-state index in [1.807, 2.05) is 37.3 Å². The minimum atomic E-state index is 0.308. The number of aromatic nitrogens is 1. The van der Waals surface area contributed by atoms with E-state index in [0.717, 1.165) is 31.9 Å². The fraction of sp³-hybridized carbons (Fsp3) is 0.167. The zero-order valence-corrected chi connectivity index (χ0v) is 14.2. The van der Waals surface area contributed by atoms with Gasteiger partial charge in [0.15, 0.2) is 0 Å². The van der Waals surface area contributed by atoms with Gasteiger partial charge >= 0.3 is 0 Å². The molecule has 0 amide bonds. The Morgan fingerprint density at radius 1 is 1.23 bits per heavy atom. The predicted octanol–water partition coefficient (Wildman–Crippen LogP) is 6.05. The van der Waals surface area contributed by atoms with Gasteiger partial charge < -0.3 is 5.11 Å². The maximum absolute atomic E-state index is 10.5. The summed E-state index contributed by atoms with van der Waals surface area (Å²) in [5, 5.41) is 12.2. The Hall–Kier alpha value is -1.84. The third kappa shape index (κ3) is 2.74. The molecule has 0 saturated carbocycles. The molecule has 22 heavy (non-hydrogen) atoms. The van der Waals surface area contributed by atoms with Crippen LogP contribution in [0, 0.1) is 6.92 Å². The van der Waals surface area contributed by atoms with Crippen LogP contribution < -0.4 is 0 Å². The molecule has 0 spiro atoms. The molecule has 0 aliphatic carbocycles. The minimum Gasteiger partial charge on any atom is -0.507 e. The van der Waals surface area contributed by atoms with Gasteiger partial charge in [-0.05, 0) is 56.2 Å². The molecule has 0 radical (unpaired) electrons.